The van der Waals surface area contributed by atoms with Crippen molar-refractivity contribution in [3.8, 4) is 5.75 Å². The van der Waals surface area contributed by atoms with Gasteiger partial charge in [0.15, 0.2) is 17.2 Å². The molecule has 15 heteroatoms. The second-order valence-corrected chi connectivity index (χ2v) is 7.88. The lowest BCUT2D eigenvalue weighted by Gasteiger charge is -2.35. The number of carboxylic acids is 1. The normalized spacial score (nSPS) is 16.0. The quantitative estimate of drug-likeness (QED) is 0.587. The topological polar surface area (TPSA) is 79.3 Å². The van der Waals surface area contributed by atoms with Crippen LogP contribution in [0.25, 0.3) is 0 Å². The zero-order chi connectivity index (χ0) is 26.1. The van der Waals surface area contributed by atoms with Gasteiger partial charge in [-0.3, -0.25) is 4.90 Å². The first-order chi connectivity index (χ1) is 15.4. The molecule has 1 aromatic carbocycles. The van der Waals surface area contributed by atoms with Gasteiger partial charge in [0.25, 0.3) is 6.10 Å². The molecule has 1 aliphatic rings. The summed E-state index contributed by atoms with van der Waals surface area (Å²) < 4.78 is 112. The Morgan fingerprint density at radius 2 is 1.53 bits per heavy atom. The van der Waals surface area contributed by atoms with E-state index in [-0.39, 0.29) is 38.3 Å². The second kappa shape index (κ2) is 9.80. The summed E-state index contributed by atoms with van der Waals surface area (Å²) in [6.45, 7) is 1.31. The fourth-order valence-corrected chi connectivity index (χ4v) is 2.93. The molecule has 0 saturated carbocycles. The highest BCUT2D eigenvalue weighted by atomic mass is 19.4. The Balaban J connectivity index is 2.08. The number of benzene rings is 1. The molecule has 7 nitrogen and oxygen atoms in total. The molecule has 1 aliphatic heterocycles. The van der Waals surface area contributed by atoms with Crippen LogP contribution in [0.5, 0.6) is 5.75 Å². The lowest BCUT2D eigenvalue weighted by atomic mass is 10.1. The summed E-state index contributed by atoms with van der Waals surface area (Å²) in [6.07, 6.45) is -17.8. The Hall–Kier alpha value is -2.84. The van der Waals surface area contributed by atoms with E-state index in [2.05, 4.69) is 4.74 Å². The monoisotopic (exact) mass is 508 g/mol. The number of ether oxygens (including phenoxy) is 2. The second-order valence-electron chi connectivity index (χ2n) is 7.88. The molecule has 1 saturated heterocycles. The first-order valence-electron chi connectivity index (χ1n) is 9.64. The van der Waals surface area contributed by atoms with Gasteiger partial charge < -0.3 is 19.5 Å². The van der Waals surface area contributed by atoms with Crippen LogP contribution in [0.1, 0.15) is 19.4 Å². The zero-order valence-corrected chi connectivity index (χ0v) is 17.8. The van der Waals surface area contributed by atoms with Gasteiger partial charge in [0, 0.05) is 38.3 Å². The van der Waals surface area contributed by atoms with Gasteiger partial charge in [-0.15, -0.1) is 0 Å². The van der Waals surface area contributed by atoms with Gasteiger partial charge in [-0.25, -0.2) is 14.0 Å². The van der Waals surface area contributed by atoms with E-state index >= 15 is 0 Å². The van der Waals surface area contributed by atoms with Crippen molar-refractivity contribution in [2.75, 3.05) is 26.2 Å². The third-order valence-corrected chi connectivity index (χ3v) is 4.84. The molecule has 1 amide bonds. The van der Waals surface area contributed by atoms with Crippen molar-refractivity contribution in [2.24, 2.45) is 0 Å². The Bertz CT molecular complexity index is 897. The summed E-state index contributed by atoms with van der Waals surface area (Å²) in [5.41, 5.74) is -1.88. The standard InChI is InChI=1S/C19H20F8N2O5/c1-17(2,15(30)31)34-13-10(3-4-11(20)12(13)21)9-28-5-7-29(8-6-28)16(32)33-14(18(22,23)24)19(25,26)27/h3-4,14H,5-9H2,1-2H3,(H,30,31). The molecular weight excluding hydrogens is 488 g/mol. The van der Waals surface area contributed by atoms with Crippen molar-refractivity contribution < 1.29 is 59.3 Å². The fourth-order valence-electron chi connectivity index (χ4n) is 2.93. The number of piperazine rings is 1. The maximum atomic E-state index is 14.3. The van der Waals surface area contributed by atoms with Crippen LogP contribution in [0.2, 0.25) is 0 Å². The number of alkyl halides is 6. The summed E-state index contributed by atoms with van der Waals surface area (Å²) in [7, 11) is 0. The Morgan fingerprint density at radius 1 is 1.00 bits per heavy atom. The predicted octanol–water partition coefficient (Wildman–Crippen LogP) is 3.95. The summed E-state index contributed by atoms with van der Waals surface area (Å²) in [5, 5.41) is 9.18. The van der Waals surface area contributed by atoms with Crippen molar-refractivity contribution in [3.05, 3.63) is 29.3 Å². The number of hydrogen-bond acceptors (Lipinski definition) is 5. The van der Waals surface area contributed by atoms with Gasteiger partial charge in [-0.2, -0.15) is 30.7 Å². The predicted molar refractivity (Wildman–Crippen MR) is 97.9 cm³/mol. The van der Waals surface area contributed by atoms with E-state index in [0.717, 1.165) is 26.0 Å². The molecule has 0 aliphatic carbocycles. The van der Waals surface area contributed by atoms with E-state index in [1.54, 1.807) is 0 Å². The number of amides is 1. The molecule has 2 rings (SSSR count). The van der Waals surface area contributed by atoms with E-state index in [9.17, 15) is 49.8 Å². The minimum Gasteiger partial charge on any atom is -0.478 e. The number of carbonyl (C=O) groups is 2. The molecule has 0 radical (unpaired) electrons. The molecule has 0 unspecified atom stereocenters. The van der Waals surface area contributed by atoms with E-state index in [0.29, 0.717) is 4.90 Å². The maximum absolute atomic E-state index is 14.3. The van der Waals surface area contributed by atoms with Crippen LogP contribution in [0, 0.1) is 11.6 Å². The molecule has 0 atom stereocenters. The van der Waals surface area contributed by atoms with Crippen LogP contribution in [-0.4, -0.2) is 77.2 Å². The highest BCUT2D eigenvalue weighted by Crippen LogP contribution is 2.36. The number of halogens is 8. The molecular formula is C19H20F8N2O5. The Morgan fingerprint density at radius 3 is 2.00 bits per heavy atom. The van der Waals surface area contributed by atoms with Gasteiger partial charge >= 0.3 is 24.4 Å². The molecule has 1 N–H and O–H groups in total. The van der Waals surface area contributed by atoms with Crippen molar-refractivity contribution in [3.63, 3.8) is 0 Å². The van der Waals surface area contributed by atoms with Crippen LogP contribution in [-0.2, 0) is 16.1 Å². The SMILES string of the molecule is CC(C)(Oc1c(CN2CCN(C(=O)OC(C(F)(F)F)C(F)(F)F)CC2)ccc(F)c1F)C(=O)O. The number of nitrogens with zero attached hydrogens (tertiary/aromatic N) is 2. The minimum absolute atomic E-state index is 0.0402. The summed E-state index contributed by atoms with van der Waals surface area (Å²) >= 11 is 0. The average molecular weight is 508 g/mol. The summed E-state index contributed by atoms with van der Waals surface area (Å²) in [5.74, 6) is -4.84. The smallest absolute Gasteiger partial charge is 0.434 e. The van der Waals surface area contributed by atoms with Crippen molar-refractivity contribution in [1.82, 2.24) is 9.80 Å². The molecule has 1 aromatic rings. The van der Waals surface area contributed by atoms with Crippen LogP contribution in [0.4, 0.5) is 39.9 Å². The molecule has 34 heavy (non-hydrogen) atoms. The maximum Gasteiger partial charge on any atom is 0.434 e. The molecule has 0 bridgehead atoms. The van der Waals surface area contributed by atoms with Crippen molar-refractivity contribution in [1.29, 1.82) is 0 Å². The van der Waals surface area contributed by atoms with Crippen molar-refractivity contribution in [2.45, 2.75) is 44.4 Å². The molecule has 1 heterocycles. The van der Waals surface area contributed by atoms with E-state index < -0.39 is 53.5 Å². The summed E-state index contributed by atoms with van der Waals surface area (Å²) in [6, 6.07) is 1.93. The van der Waals surface area contributed by atoms with Gasteiger partial charge in [-0.1, -0.05) is 6.07 Å². The molecule has 192 valence electrons. The van der Waals surface area contributed by atoms with Crippen LogP contribution in [0.15, 0.2) is 12.1 Å². The number of carbonyl (C=O) groups excluding carboxylic acids is 1. The third-order valence-electron chi connectivity index (χ3n) is 4.84. The van der Waals surface area contributed by atoms with E-state index in [1.807, 2.05) is 0 Å². The zero-order valence-electron chi connectivity index (χ0n) is 17.8. The first-order valence-corrected chi connectivity index (χ1v) is 9.64. The van der Waals surface area contributed by atoms with E-state index in [4.69, 9.17) is 4.74 Å². The lowest BCUT2D eigenvalue weighted by Crippen LogP contribution is -2.52. The highest BCUT2D eigenvalue weighted by Gasteiger charge is 2.60. The Labute approximate surface area is 187 Å². The van der Waals surface area contributed by atoms with Crippen LogP contribution < -0.4 is 4.74 Å². The lowest BCUT2D eigenvalue weighted by molar-refractivity contribution is -0.308. The first kappa shape index (κ1) is 27.4. The average Bonchev–Trinajstić information content (AvgIpc) is 2.70. The highest BCUT2D eigenvalue weighted by molar-refractivity contribution is 5.76. The van der Waals surface area contributed by atoms with Gasteiger partial charge in [0.05, 0.1) is 0 Å². The van der Waals surface area contributed by atoms with Crippen molar-refractivity contribution >= 4 is 12.1 Å². The number of hydrogen-bond donors (Lipinski definition) is 1. The van der Waals surface area contributed by atoms with Crippen LogP contribution in [0.3, 0.4) is 0 Å². The molecule has 1 fully saturated rings. The number of carboxylic acid groups (broad SMARTS) is 1. The van der Waals surface area contributed by atoms with Gasteiger partial charge in [0.2, 0.25) is 5.82 Å². The number of aliphatic carboxylic acids is 1. The Kier molecular flexibility index (Phi) is 7.90. The number of rotatable bonds is 6. The summed E-state index contributed by atoms with van der Waals surface area (Å²) in [4.78, 5) is 25.3. The van der Waals surface area contributed by atoms with Gasteiger partial charge in [-0.05, 0) is 19.9 Å². The molecule has 0 aromatic heterocycles. The van der Waals surface area contributed by atoms with E-state index in [1.165, 1.54) is 4.90 Å². The van der Waals surface area contributed by atoms with Crippen LogP contribution >= 0.6 is 0 Å². The molecule has 0 spiro atoms. The minimum atomic E-state index is -5.84. The largest absolute Gasteiger partial charge is 0.478 e. The van der Waals surface area contributed by atoms with Gasteiger partial charge in [0.1, 0.15) is 0 Å². The third kappa shape index (κ3) is 6.61. The fraction of sp³-hybridized carbons (Fsp3) is 0.579.